The quantitative estimate of drug-likeness (QED) is 0.346. The Balaban J connectivity index is 1.38. The average molecular weight is 453 g/mol. The van der Waals surface area contributed by atoms with Gasteiger partial charge in [0.15, 0.2) is 0 Å². The van der Waals surface area contributed by atoms with E-state index in [-0.39, 0.29) is 11.8 Å². The molecule has 6 nitrogen and oxygen atoms in total. The molecule has 1 N–H and O–H groups in total. The predicted octanol–water partition coefficient (Wildman–Crippen LogP) is 5.99. The van der Waals surface area contributed by atoms with Crippen molar-refractivity contribution in [2.75, 3.05) is 5.32 Å². The molecule has 4 rings (SSSR count). The standard InChI is InChI=1S/C26H20N4O2S/c1-18-14-22(32-26-21(15-27)5-3-13-29-26)8-11-24(18)30-25(31)20-6-9-23(10-7-20)33-17-19-4-2-12-28-16-19/h2-14,16H,17H2,1H3,(H,30,31). The molecule has 4 aromatic rings. The molecule has 2 aromatic carbocycles. The second-order valence-electron chi connectivity index (χ2n) is 7.18. The van der Waals surface area contributed by atoms with E-state index in [1.807, 2.05) is 49.5 Å². The van der Waals surface area contributed by atoms with Crippen LogP contribution in [0.1, 0.15) is 27.0 Å². The van der Waals surface area contributed by atoms with Crippen molar-refractivity contribution in [3.05, 3.63) is 108 Å². The number of aromatic nitrogens is 2. The molecule has 0 unspecified atom stereocenters. The Morgan fingerprint density at radius 2 is 1.91 bits per heavy atom. The van der Waals surface area contributed by atoms with E-state index in [1.54, 1.807) is 54.5 Å². The first-order valence-corrected chi connectivity index (χ1v) is 11.2. The van der Waals surface area contributed by atoms with Crippen LogP contribution in [0.3, 0.4) is 0 Å². The molecule has 162 valence electrons. The third kappa shape index (κ3) is 5.76. The van der Waals surface area contributed by atoms with Crippen molar-refractivity contribution in [2.24, 2.45) is 0 Å². The molecule has 0 aliphatic carbocycles. The number of carbonyl (C=O) groups is 1. The van der Waals surface area contributed by atoms with Gasteiger partial charge in [0.1, 0.15) is 17.4 Å². The van der Waals surface area contributed by atoms with Crippen LogP contribution in [-0.2, 0) is 5.75 Å². The lowest BCUT2D eigenvalue weighted by molar-refractivity contribution is 0.102. The Hall–Kier alpha value is -4.15. The van der Waals surface area contributed by atoms with Crippen LogP contribution in [0.4, 0.5) is 5.69 Å². The SMILES string of the molecule is Cc1cc(Oc2ncccc2C#N)ccc1NC(=O)c1ccc(SCc2cccnc2)cc1. The summed E-state index contributed by atoms with van der Waals surface area (Å²) in [7, 11) is 0. The van der Waals surface area contributed by atoms with E-state index in [9.17, 15) is 10.1 Å². The summed E-state index contributed by atoms with van der Waals surface area (Å²) in [5.74, 6) is 1.42. The fourth-order valence-electron chi connectivity index (χ4n) is 3.06. The number of amides is 1. The number of pyridine rings is 2. The second-order valence-corrected chi connectivity index (χ2v) is 8.22. The van der Waals surface area contributed by atoms with Gasteiger partial charge in [-0.25, -0.2) is 4.98 Å². The van der Waals surface area contributed by atoms with E-state index in [1.165, 1.54) is 0 Å². The smallest absolute Gasteiger partial charge is 0.255 e. The number of rotatable bonds is 7. The molecule has 7 heteroatoms. The summed E-state index contributed by atoms with van der Waals surface area (Å²) in [6, 6.07) is 22.2. The molecule has 0 spiro atoms. The third-order valence-electron chi connectivity index (χ3n) is 4.80. The first-order valence-electron chi connectivity index (χ1n) is 10.2. The maximum absolute atomic E-state index is 12.7. The highest BCUT2D eigenvalue weighted by Gasteiger charge is 2.11. The topological polar surface area (TPSA) is 87.9 Å². The lowest BCUT2D eigenvalue weighted by Gasteiger charge is -2.11. The fraction of sp³-hybridized carbons (Fsp3) is 0.0769. The monoisotopic (exact) mass is 452 g/mol. The number of ether oxygens (including phenoxy) is 1. The molecule has 2 heterocycles. The highest BCUT2D eigenvalue weighted by atomic mass is 32.2. The van der Waals surface area contributed by atoms with Crippen molar-refractivity contribution < 1.29 is 9.53 Å². The Bertz CT molecular complexity index is 1300. The summed E-state index contributed by atoms with van der Waals surface area (Å²) >= 11 is 1.69. The minimum atomic E-state index is -0.188. The first kappa shape index (κ1) is 22.1. The number of thioether (sulfide) groups is 1. The number of aryl methyl sites for hydroxylation is 1. The number of nitriles is 1. The van der Waals surface area contributed by atoms with E-state index in [2.05, 4.69) is 21.4 Å². The van der Waals surface area contributed by atoms with Gasteiger partial charge in [0.05, 0.1) is 0 Å². The van der Waals surface area contributed by atoms with Crippen LogP contribution in [0.5, 0.6) is 11.6 Å². The summed E-state index contributed by atoms with van der Waals surface area (Å²) in [4.78, 5) is 22.0. The zero-order valence-corrected chi connectivity index (χ0v) is 18.7. The maximum Gasteiger partial charge on any atom is 0.255 e. The van der Waals surface area contributed by atoms with Gasteiger partial charge >= 0.3 is 0 Å². The van der Waals surface area contributed by atoms with Crippen molar-refractivity contribution in [1.29, 1.82) is 5.26 Å². The molecule has 0 fully saturated rings. The highest BCUT2D eigenvalue weighted by molar-refractivity contribution is 7.98. The molecule has 2 aromatic heterocycles. The van der Waals surface area contributed by atoms with Crippen molar-refractivity contribution in [2.45, 2.75) is 17.6 Å². The van der Waals surface area contributed by atoms with Gasteiger partial charge in [-0.15, -0.1) is 11.8 Å². The van der Waals surface area contributed by atoms with E-state index in [0.717, 1.165) is 21.8 Å². The molecule has 0 radical (unpaired) electrons. The van der Waals surface area contributed by atoms with E-state index >= 15 is 0 Å². The number of hydrogen-bond acceptors (Lipinski definition) is 6. The Labute approximate surface area is 196 Å². The van der Waals surface area contributed by atoms with Gasteiger partial charge in [0.25, 0.3) is 5.91 Å². The normalized spacial score (nSPS) is 10.3. The minimum absolute atomic E-state index is 0.188. The summed E-state index contributed by atoms with van der Waals surface area (Å²) in [6.07, 6.45) is 5.18. The Morgan fingerprint density at radius 3 is 2.64 bits per heavy atom. The summed E-state index contributed by atoms with van der Waals surface area (Å²) in [5, 5.41) is 12.1. The third-order valence-corrected chi connectivity index (χ3v) is 5.88. The molecule has 0 saturated heterocycles. The zero-order valence-electron chi connectivity index (χ0n) is 17.9. The maximum atomic E-state index is 12.7. The summed E-state index contributed by atoms with van der Waals surface area (Å²) < 4.78 is 5.74. The molecule has 0 aliphatic rings. The van der Waals surface area contributed by atoms with Crippen LogP contribution in [0.25, 0.3) is 0 Å². The average Bonchev–Trinajstić information content (AvgIpc) is 2.85. The largest absolute Gasteiger partial charge is 0.438 e. The van der Waals surface area contributed by atoms with Crippen LogP contribution in [0.2, 0.25) is 0 Å². The molecule has 0 atom stereocenters. The van der Waals surface area contributed by atoms with Gasteiger partial charge in [-0.2, -0.15) is 5.26 Å². The molecule has 0 saturated carbocycles. The van der Waals surface area contributed by atoms with Crippen LogP contribution in [-0.4, -0.2) is 15.9 Å². The van der Waals surface area contributed by atoms with Crippen molar-refractivity contribution in [3.8, 4) is 17.7 Å². The number of anilines is 1. The van der Waals surface area contributed by atoms with Crippen LogP contribution >= 0.6 is 11.8 Å². The fourth-order valence-corrected chi connectivity index (χ4v) is 3.89. The van der Waals surface area contributed by atoms with E-state index < -0.39 is 0 Å². The van der Waals surface area contributed by atoms with Gasteiger partial charge < -0.3 is 10.1 Å². The lowest BCUT2D eigenvalue weighted by Crippen LogP contribution is -2.12. The van der Waals surface area contributed by atoms with Gasteiger partial charge in [0, 0.05) is 40.5 Å². The zero-order chi connectivity index (χ0) is 23.0. The predicted molar refractivity (Wildman–Crippen MR) is 128 cm³/mol. The summed E-state index contributed by atoms with van der Waals surface area (Å²) in [6.45, 7) is 1.88. The van der Waals surface area contributed by atoms with Crippen LogP contribution in [0.15, 0.2) is 90.2 Å². The molecule has 0 aliphatic heterocycles. The van der Waals surface area contributed by atoms with Crippen molar-refractivity contribution in [1.82, 2.24) is 9.97 Å². The van der Waals surface area contributed by atoms with Gasteiger partial charge in [-0.05, 0) is 78.7 Å². The van der Waals surface area contributed by atoms with Gasteiger partial charge in [0.2, 0.25) is 5.88 Å². The van der Waals surface area contributed by atoms with Crippen molar-refractivity contribution in [3.63, 3.8) is 0 Å². The Kier molecular flexibility index (Phi) is 6.98. The van der Waals surface area contributed by atoms with Gasteiger partial charge in [-0.1, -0.05) is 6.07 Å². The van der Waals surface area contributed by atoms with Crippen molar-refractivity contribution >= 4 is 23.4 Å². The first-order chi connectivity index (χ1) is 16.1. The summed E-state index contributed by atoms with van der Waals surface area (Å²) in [5.41, 5.74) is 3.60. The van der Waals surface area contributed by atoms with Crippen LogP contribution < -0.4 is 10.1 Å². The van der Waals surface area contributed by atoms with E-state index in [4.69, 9.17) is 4.74 Å². The number of nitrogens with zero attached hydrogens (tertiary/aromatic N) is 3. The van der Waals surface area contributed by atoms with E-state index in [0.29, 0.717) is 22.6 Å². The molecule has 0 bridgehead atoms. The number of benzene rings is 2. The number of hydrogen-bond donors (Lipinski definition) is 1. The molecule has 1 amide bonds. The van der Waals surface area contributed by atoms with Crippen LogP contribution in [0, 0.1) is 18.3 Å². The molecular formula is C26H20N4O2S. The number of carbonyl (C=O) groups excluding carboxylic acids is 1. The lowest BCUT2D eigenvalue weighted by atomic mass is 10.1. The second kappa shape index (κ2) is 10.4. The van der Waals surface area contributed by atoms with Gasteiger partial charge in [-0.3, -0.25) is 9.78 Å². The number of nitrogens with one attached hydrogen (secondary N) is 1. The molecular weight excluding hydrogens is 432 g/mol. The highest BCUT2D eigenvalue weighted by Crippen LogP contribution is 2.27. The minimum Gasteiger partial charge on any atom is -0.438 e. The molecule has 33 heavy (non-hydrogen) atoms. The Morgan fingerprint density at radius 1 is 1.09 bits per heavy atom.